The number of carbonyl (C=O) groups excluding carboxylic acids is 1. The number of nitrogens with zero attached hydrogens (tertiary/aromatic N) is 1. The average Bonchev–Trinajstić information content (AvgIpc) is 2.60. The molecule has 4 nitrogen and oxygen atoms in total. The first-order valence-corrected chi connectivity index (χ1v) is 12.2. The molecule has 0 saturated heterocycles. The van der Waals surface area contributed by atoms with Crippen LogP contribution < -0.4 is 0 Å². The van der Waals surface area contributed by atoms with E-state index in [4.69, 9.17) is 9.16 Å². The quantitative estimate of drug-likeness (QED) is 0.323. The summed E-state index contributed by atoms with van der Waals surface area (Å²) in [6, 6.07) is 2.68. The summed E-state index contributed by atoms with van der Waals surface area (Å²) in [7, 11) is -0.733. The van der Waals surface area contributed by atoms with Crippen molar-refractivity contribution in [1.82, 2.24) is 4.90 Å². The Kier molecular flexibility index (Phi) is 10.9. The summed E-state index contributed by atoms with van der Waals surface area (Å²) < 4.78 is 11.5. The SMILES string of the molecule is C=C(C)C#CN(CC#CC#CC(C)(C)O[Si](C(C)C)(C(C)C)C(C)C)C(=O)OC. The van der Waals surface area contributed by atoms with E-state index in [0.717, 1.165) is 0 Å². The molecule has 0 aliphatic heterocycles. The maximum atomic E-state index is 11.7. The van der Waals surface area contributed by atoms with E-state index in [9.17, 15) is 4.79 Å². The zero-order valence-electron chi connectivity index (χ0n) is 19.8. The Hall–Kier alpha value is -2.13. The summed E-state index contributed by atoms with van der Waals surface area (Å²) in [4.78, 5) is 12.9. The van der Waals surface area contributed by atoms with Crippen LogP contribution in [0, 0.1) is 35.6 Å². The summed E-state index contributed by atoms with van der Waals surface area (Å²) in [6.45, 7) is 23.1. The lowest BCUT2D eigenvalue weighted by atomic mass is 10.1. The smallest absolute Gasteiger partial charge is 0.422 e. The highest BCUT2D eigenvalue weighted by atomic mass is 28.4. The van der Waals surface area contributed by atoms with Crippen molar-refractivity contribution in [3.8, 4) is 35.6 Å². The molecule has 0 fully saturated rings. The van der Waals surface area contributed by atoms with E-state index in [-0.39, 0.29) is 6.54 Å². The van der Waals surface area contributed by atoms with Crippen LogP contribution in [-0.2, 0) is 9.16 Å². The van der Waals surface area contributed by atoms with E-state index in [0.29, 0.717) is 22.2 Å². The molecular weight excluding hydrogens is 378 g/mol. The lowest BCUT2D eigenvalue weighted by Gasteiger charge is -2.46. The van der Waals surface area contributed by atoms with E-state index in [1.807, 2.05) is 13.8 Å². The van der Waals surface area contributed by atoms with Gasteiger partial charge in [0.1, 0.15) is 5.60 Å². The van der Waals surface area contributed by atoms with Crippen LogP contribution in [0.2, 0.25) is 16.6 Å². The maximum absolute atomic E-state index is 11.7. The average molecular weight is 416 g/mol. The Labute approximate surface area is 179 Å². The van der Waals surface area contributed by atoms with Crippen molar-refractivity contribution in [2.24, 2.45) is 0 Å². The molecule has 0 N–H and O–H groups in total. The molecule has 160 valence electrons. The number of amides is 1. The van der Waals surface area contributed by atoms with Gasteiger partial charge in [0.2, 0.25) is 8.32 Å². The van der Waals surface area contributed by atoms with Crippen LogP contribution in [0.4, 0.5) is 4.79 Å². The van der Waals surface area contributed by atoms with Crippen molar-refractivity contribution in [2.45, 2.75) is 84.5 Å². The van der Waals surface area contributed by atoms with Crippen molar-refractivity contribution in [2.75, 3.05) is 13.7 Å². The fraction of sp³-hybridized carbons (Fsp3) is 0.625. The van der Waals surface area contributed by atoms with Crippen molar-refractivity contribution in [3.63, 3.8) is 0 Å². The predicted octanol–water partition coefficient (Wildman–Crippen LogP) is 5.57. The number of hydrogen-bond acceptors (Lipinski definition) is 3. The second-order valence-corrected chi connectivity index (χ2v) is 13.9. The van der Waals surface area contributed by atoms with Gasteiger partial charge >= 0.3 is 6.09 Å². The Morgan fingerprint density at radius 3 is 2.00 bits per heavy atom. The summed E-state index contributed by atoms with van der Waals surface area (Å²) in [6.07, 6.45) is -0.564. The van der Waals surface area contributed by atoms with Crippen LogP contribution in [0.15, 0.2) is 12.2 Å². The van der Waals surface area contributed by atoms with Gasteiger partial charge < -0.3 is 9.16 Å². The zero-order chi connectivity index (χ0) is 22.8. The maximum Gasteiger partial charge on any atom is 0.422 e. The molecule has 0 aromatic rings. The minimum Gasteiger partial charge on any atom is -0.452 e. The third kappa shape index (κ3) is 8.41. The molecule has 1 amide bonds. The first kappa shape index (κ1) is 26.9. The van der Waals surface area contributed by atoms with Gasteiger partial charge in [-0.3, -0.25) is 0 Å². The highest BCUT2D eigenvalue weighted by molar-refractivity contribution is 6.77. The van der Waals surface area contributed by atoms with Crippen LogP contribution in [0.3, 0.4) is 0 Å². The third-order valence-corrected chi connectivity index (χ3v) is 11.0. The Bertz CT molecular complexity index is 739. The Balaban J connectivity index is 5.44. The lowest BCUT2D eigenvalue weighted by molar-refractivity contribution is 0.144. The minimum absolute atomic E-state index is 0.103. The third-order valence-electron chi connectivity index (χ3n) is 4.69. The predicted molar refractivity (Wildman–Crippen MR) is 123 cm³/mol. The molecule has 0 saturated carbocycles. The number of hydrogen-bond donors (Lipinski definition) is 0. The first-order valence-electron chi connectivity index (χ1n) is 10.0. The van der Waals surface area contributed by atoms with E-state index >= 15 is 0 Å². The zero-order valence-corrected chi connectivity index (χ0v) is 20.8. The molecule has 0 heterocycles. The number of allylic oxidation sites excluding steroid dienone is 1. The normalized spacial score (nSPS) is 11.1. The van der Waals surface area contributed by atoms with Crippen LogP contribution in [0.5, 0.6) is 0 Å². The fourth-order valence-corrected chi connectivity index (χ4v) is 9.23. The molecule has 0 bridgehead atoms. The molecule has 0 aromatic carbocycles. The van der Waals surface area contributed by atoms with Crippen LogP contribution >= 0.6 is 0 Å². The lowest BCUT2D eigenvalue weighted by Crippen LogP contribution is -2.52. The summed E-state index contributed by atoms with van der Waals surface area (Å²) >= 11 is 0. The van der Waals surface area contributed by atoms with Crippen molar-refractivity contribution in [3.05, 3.63) is 12.2 Å². The van der Waals surface area contributed by atoms with E-state index < -0.39 is 20.0 Å². The highest BCUT2D eigenvalue weighted by Gasteiger charge is 2.48. The second kappa shape index (κ2) is 11.8. The molecule has 0 unspecified atom stereocenters. The number of rotatable bonds is 6. The van der Waals surface area contributed by atoms with E-state index in [1.54, 1.807) is 6.92 Å². The summed E-state index contributed by atoms with van der Waals surface area (Å²) in [5, 5.41) is 0. The number of ether oxygens (including phenoxy) is 1. The van der Waals surface area contributed by atoms with Gasteiger partial charge in [-0.2, -0.15) is 0 Å². The largest absolute Gasteiger partial charge is 0.452 e. The van der Waals surface area contributed by atoms with Gasteiger partial charge in [0.05, 0.1) is 13.7 Å². The van der Waals surface area contributed by atoms with Crippen LogP contribution in [0.1, 0.15) is 62.3 Å². The highest BCUT2D eigenvalue weighted by Crippen LogP contribution is 2.44. The Morgan fingerprint density at radius 1 is 1.07 bits per heavy atom. The second-order valence-electron chi connectivity index (χ2n) is 8.56. The van der Waals surface area contributed by atoms with Gasteiger partial charge in [-0.15, -0.1) is 0 Å². The monoisotopic (exact) mass is 415 g/mol. The molecule has 0 radical (unpaired) electrons. The van der Waals surface area contributed by atoms with Crippen molar-refractivity contribution < 1.29 is 14.0 Å². The molecule has 0 spiro atoms. The first-order chi connectivity index (χ1) is 13.3. The van der Waals surface area contributed by atoms with Gasteiger partial charge in [0, 0.05) is 6.04 Å². The van der Waals surface area contributed by atoms with E-state index in [1.165, 1.54) is 12.0 Å². The van der Waals surface area contributed by atoms with Gasteiger partial charge in [0.15, 0.2) is 0 Å². The fourth-order valence-electron chi connectivity index (χ4n) is 3.59. The summed E-state index contributed by atoms with van der Waals surface area (Å²) in [5.74, 6) is 14.4. The topological polar surface area (TPSA) is 38.8 Å². The van der Waals surface area contributed by atoms with Crippen molar-refractivity contribution >= 4 is 14.4 Å². The van der Waals surface area contributed by atoms with Crippen molar-refractivity contribution in [1.29, 1.82) is 0 Å². The van der Waals surface area contributed by atoms with Gasteiger partial charge in [0.25, 0.3) is 0 Å². The molecule has 0 aromatic heterocycles. The number of carbonyl (C=O) groups is 1. The molecular formula is C24H37NO3Si. The molecule has 0 aliphatic rings. The molecule has 0 atom stereocenters. The van der Waals surface area contributed by atoms with Crippen LogP contribution in [0.25, 0.3) is 0 Å². The van der Waals surface area contributed by atoms with Gasteiger partial charge in [-0.05, 0) is 60.7 Å². The van der Waals surface area contributed by atoms with Gasteiger partial charge in [-0.25, -0.2) is 9.69 Å². The molecule has 0 rings (SSSR count). The molecule has 5 heteroatoms. The molecule has 29 heavy (non-hydrogen) atoms. The van der Waals surface area contributed by atoms with Gasteiger partial charge in [-0.1, -0.05) is 60.0 Å². The summed E-state index contributed by atoms with van der Waals surface area (Å²) in [5.41, 5.74) is 1.50. The Morgan fingerprint density at radius 2 is 1.59 bits per heavy atom. The van der Waals surface area contributed by atoms with E-state index in [2.05, 4.69) is 83.8 Å². The number of methoxy groups -OCH3 is 1. The van der Waals surface area contributed by atoms with Crippen LogP contribution in [-0.4, -0.2) is 38.6 Å². The minimum atomic E-state index is -2.04. The standard InChI is InChI=1S/C24H37NO3Si/c1-19(2)15-18-25(23(26)27-11)17-14-12-13-16-24(9,10)28-29(20(3)4,21(5)6)22(7)8/h20-22H,1,17H2,2-11H3. The molecule has 0 aliphatic carbocycles.